The fourth-order valence-electron chi connectivity index (χ4n) is 1.34. The molecule has 16 heavy (non-hydrogen) atoms. The van der Waals surface area contributed by atoms with Crippen LogP contribution < -0.4 is 5.32 Å². The molecule has 1 N–H and O–H groups in total. The molecule has 3 nitrogen and oxygen atoms in total. The third-order valence-corrected chi connectivity index (χ3v) is 2.66. The number of hydrogen-bond acceptors (Lipinski definition) is 2. The van der Waals surface area contributed by atoms with Crippen molar-refractivity contribution in [2.75, 3.05) is 13.2 Å². The van der Waals surface area contributed by atoms with Gasteiger partial charge in [-0.15, -0.1) is 0 Å². The van der Waals surface area contributed by atoms with E-state index in [1.807, 2.05) is 38.1 Å². The molecule has 1 aromatic carbocycles. The van der Waals surface area contributed by atoms with E-state index in [4.69, 9.17) is 4.74 Å². The Morgan fingerprint density at radius 2 is 2.31 bits per heavy atom. The fourth-order valence-corrected chi connectivity index (χ4v) is 1.75. The molecule has 0 bridgehead atoms. The molecule has 0 fully saturated rings. The zero-order chi connectivity index (χ0) is 12.0. The van der Waals surface area contributed by atoms with Crippen LogP contribution in [0, 0.1) is 0 Å². The molecule has 0 saturated carbocycles. The first-order chi connectivity index (χ1) is 7.63. The third kappa shape index (κ3) is 4.33. The summed E-state index contributed by atoms with van der Waals surface area (Å²) in [6.07, 6.45) is 0. The summed E-state index contributed by atoms with van der Waals surface area (Å²) >= 11 is 3.40. The molecular weight excluding hydrogens is 270 g/mol. The number of amides is 1. The van der Waals surface area contributed by atoms with Gasteiger partial charge in [0.15, 0.2) is 0 Å². The first-order valence-electron chi connectivity index (χ1n) is 5.26. The standard InChI is InChI=1S/C12H16BrNO2/c1-3-16-8-12(15)14-9(2)10-5-4-6-11(13)7-10/h4-7,9H,3,8H2,1-2H3,(H,14,15)/t9-/m0/s1. The summed E-state index contributed by atoms with van der Waals surface area (Å²) in [5.74, 6) is -0.0886. The summed E-state index contributed by atoms with van der Waals surface area (Å²) in [5, 5.41) is 2.87. The zero-order valence-electron chi connectivity index (χ0n) is 9.50. The van der Waals surface area contributed by atoms with Crippen molar-refractivity contribution < 1.29 is 9.53 Å². The number of carbonyl (C=O) groups is 1. The lowest BCUT2D eigenvalue weighted by Gasteiger charge is -2.14. The van der Waals surface area contributed by atoms with Gasteiger partial charge in [-0.2, -0.15) is 0 Å². The second kappa shape index (κ2) is 6.66. The molecule has 1 amide bonds. The lowest BCUT2D eigenvalue weighted by molar-refractivity contribution is -0.126. The quantitative estimate of drug-likeness (QED) is 0.903. The van der Waals surface area contributed by atoms with Crippen molar-refractivity contribution in [2.45, 2.75) is 19.9 Å². The van der Waals surface area contributed by atoms with Gasteiger partial charge in [-0.3, -0.25) is 4.79 Å². The minimum absolute atomic E-state index is 0.00884. The van der Waals surface area contributed by atoms with Gasteiger partial charge in [0.1, 0.15) is 6.61 Å². The molecule has 0 unspecified atom stereocenters. The maximum Gasteiger partial charge on any atom is 0.246 e. The van der Waals surface area contributed by atoms with Gasteiger partial charge in [-0.1, -0.05) is 28.1 Å². The number of rotatable bonds is 5. The van der Waals surface area contributed by atoms with E-state index < -0.39 is 0 Å². The smallest absolute Gasteiger partial charge is 0.246 e. The van der Waals surface area contributed by atoms with E-state index in [0.717, 1.165) is 10.0 Å². The van der Waals surface area contributed by atoms with Crippen LogP contribution in [0.1, 0.15) is 25.5 Å². The zero-order valence-corrected chi connectivity index (χ0v) is 11.1. The lowest BCUT2D eigenvalue weighted by atomic mass is 10.1. The molecule has 0 heterocycles. The molecular formula is C12H16BrNO2. The molecule has 0 saturated heterocycles. The van der Waals surface area contributed by atoms with E-state index in [-0.39, 0.29) is 18.6 Å². The van der Waals surface area contributed by atoms with Crippen molar-refractivity contribution in [3.8, 4) is 0 Å². The van der Waals surface area contributed by atoms with Crippen LogP contribution in [0.25, 0.3) is 0 Å². The van der Waals surface area contributed by atoms with Gasteiger partial charge in [-0.25, -0.2) is 0 Å². The number of halogens is 1. The van der Waals surface area contributed by atoms with Crippen molar-refractivity contribution in [1.29, 1.82) is 0 Å². The minimum atomic E-state index is -0.0886. The highest BCUT2D eigenvalue weighted by molar-refractivity contribution is 9.10. The highest BCUT2D eigenvalue weighted by atomic mass is 79.9. The Bertz CT molecular complexity index is 355. The Morgan fingerprint density at radius 1 is 1.56 bits per heavy atom. The van der Waals surface area contributed by atoms with Crippen molar-refractivity contribution in [1.82, 2.24) is 5.32 Å². The van der Waals surface area contributed by atoms with E-state index in [2.05, 4.69) is 21.2 Å². The van der Waals surface area contributed by atoms with E-state index in [9.17, 15) is 4.79 Å². The van der Waals surface area contributed by atoms with Crippen LogP contribution in [-0.4, -0.2) is 19.1 Å². The van der Waals surface area contributed by atoms with Crippen molar-refractivity contribution >= 4 is 21.8 Å². The number of hydrogen-bond donors (Lipinski definition) is 1. The van der Waals surface area contributed by atoms with Gasteiger partial charge >= 0.3 is 0 Å². The third-order valence-electron chi connectivity index (χ3n) is 2.16. The second-order valence-electron chi connectivity index (χ2n) is 3.48. The lowest BCUT2D eigenvalue weighted by Crippen LogP contribution is -2.30. The average Bonchev–Trinajstić information content (AvgIpc) is 2.26. The van der Waals surface area contributed by atoms with Gasteiger partial charge in [0.05, 0.1) is 6.04 Å². The van der Waals surface area contributed by atoms with Crippen molar-refractivity contribution in [3.05, 3.63) is 34.3 Å². The SMILES string of the molecule is CCOCC(=O)N[C@@H](C)c1cccc(Br)c1. The molecule has 0 aliphatic carbocycles. The summed E-state index contributed by atoms with van der Waals surface area (Å²) in [7, 11) is 0. The first kappa shape index (κ1) is 13.2. The van der Waals surface area contributed by atoms with Crippen molar-refractivity contribution in [2.24, 2.45) is 0 Å². The first-order valence-corrected chi connectivity index (χ1v) is 6.05. The van der Waals surface area contributed by atoms with Gasteiger partial charge in [0, 0.05) is 11.1 Å². The summed E-state index contributed by atoms with van der Waals surface area (Å²) in [6.45, 7) is 4.49. The summed E-state index contributed by atoms with van der Waals surface area (Å²) in [6, 6.07) is 7.87. The van der Waals surface area contributed by atoms with E-state index in [1.54, 1.807) is 0 Å². The molecule has 0 radical (unpaired) electrons. The van der Waals surface area contributed by atoms with E-state index in [0.29, 0.717) is 6.61 Å². The Labute approximate surface area is 104 Å². The van der Waals surface area contributed by atoms with E-state index >= 15 is 0 Å². The topological polar surface area (TPSA) is 38.3 Å². The highest BCUT2D eigenvalue weighted by Gasteiger charge is 2.09. The Morgan fingerprint density at radius 3 is 2.94 bits per heavy atom. The predicted octanol–water partition coefficient (Wildman–Crippen LogP) is 2.66. The molecule has 4 heteroatoms. The maximum absolute atomic E-state index is 11.4. The van der Waals surface area contributed by atoms with E-state index in [1.165, 1.54) is 0 Å². The van der Waals surface area contributed by atoms with Crippen LogP contribution in [0.3, 0.4) is 0 Å². The Balaban J connectivity index is 2.52. The molecule has 1 rings (SSSR count). The Hall–Kier alpha value is -0.870. The minimum Gasteiger partial charge on any atom is -0.372 e. The van der Waals surface area contributed by atoms with Crippen LogP contribution in [0.5, 0.6) is 0 Å². The molecule has 0 spiro atoms. The average molecular weight is 286 g/mol. The van der Waals surface area contributed by atoms with Crippen LogP contribution in [0.2, 0.25) is 0 Å². The molecule has 0 aromatic heterocycles. The fraction of sp³-hybridized carbons (Fsp3) is 0.417. The Kier molecular flexibility index (Phi) is 5.49. The largest absolute Gasteiger partial charge is 0.372 e. The van der Waals surface area contributed by atoms with Gasteiger partial charge in [-0.05, 0) is 31.5 Å². The molecule has 1 aromatic rings. The second-order valence-corrected chi connectivity index (χ2v) is 4.40. The maximum atomic E-state index is 11.4. The van der Waals surface area contributed by atoms with Crippen LogP contribution in [0.4, 0.5) is 0 Å². The number of carbonyl (C=O) groups excluding carboxylic acids is 1. The summed E-state index contributed by atoms with van der Waals surface area (Å²) in [5.41, 5.74) is 1.07. The van der Waals surface area contributed by atoms with Crippen molar-refractivity contribution in [3.63, 3.8) is 0 Å². The van der Waals surface area contributed by atoms with Crippen LogP contribution in [-0.2, 0) is 9.53 Å². The molecule has 0 aliphatic rings. The summed E-state index contributed by atoms with van der Waals surface area (Å²) in [4.78, 5) is 11.4. The number of benzene rings is 1. The highest BCUT2D eigenvalue weighted by Crippen LogP contribution is 2.17. The monoisotopic (exact) mass is 285 g/mol. The van der Waals surface area contributed by atoms with Gasteiger partial charge in [0.2, 0.25) is 5.91 Å². The van der Waals surface area contributed by atoms with Crippen LogP contribution in [0.15, 0.2) is 28.7 Å². The molecule has 0 aliphatic heterocycles. The van der Waals surface area contributed by atoms with Gasteiger partial charge < -0.3 is 10.1 Å². The normalized spacial score (nSPS) is 12.2. The number of nitrogens with one attached hydrogen (secondary N) is 1. The predicted molar refractivity (Wildman–Crippen MR) is 67.2 cm³/mol. The van der Waals surface area contributed by atoms with Gasteiger partial charge in [0.25, 0.3) is 0 Å². The molecule has 1 atom stereocenters. The van der Waals surface area contributed by atoms with Crippen LogP contribution >= 0.6 is 15.9 Å². The number of ether oxygens (including phenoxy) is 1. The molecule has 88 valence electrons. The summed E-state index contributed by atoms with van der Waals surface area (Å²) < 4.78 is 6.04.